The van der Waals surface area contributed by atoms with E-state index in [1.165, 1.54) is 5.56 Å². The summed E-state index contributed by atoms with van der Waals surface area (Å²) >= 11 is 5.09. The summed E-state index contributed by atoms with van der Waals surface area (Å²) in [5.74, 6) is 0.908. The SMILES string of the molecule is CCc1ccc(OCc2c(C)cccc2NC(=S)OC)c(C)c1. The lowest BCUT2D eigenvalue weighted by atomic mass is 10.1. The van der Waals surface area contributed by atoms with Gasteiger partial charge in [0.25, 0.3) is 5.17 Å². The Morgan fingerprint density at radius 2 is 1.91 bits per heavy atom. The number of benzene rings is 2. The van der Waals surface area contributed by atoms with Crippen LogP contribution < -0.4 is 10.1 Å². The van der Waals surface area contributed by atoms with Crippen LogP contribution in [0.15, 0.2) is 36.4 Å². The Balaban J connectivity index is 2.18. The average molecular weight is 329 g/mol. The molecule has 1 N–H and O–H groups in total. The number of hydrogen-bond donors (Lipinski definition) is 1. The predicted molar refractivity (Wildman–Crippen MR) is 99.3 cm³/mol. The van der Waals surface area contributed by atoms with Crippen molar-refractivity contribution in [3.05, 3.63) is 58.7 Å². The molecule has 3 nitrogen and oxygen atoms in total. The molecule has 2 aromatic rings. The molecule has 0 unspecified atom stereocenters. The predicted octanol–water partition coefficient (Wildman–Crippen LogP) is 4.79. The second-order valence-electron chi connectivity index (χ2n) is 5.46. The number of aryl methyl sites for hydroxylation is 3. The Labute approximate surface area is 143 Å². The fraction of sp³-hybridized carbons (Fsp3) is 0.316. The van der Waals surface area contributed by atoms with Gasteiger partial charge in [0.1, 0.15) is 12.4 Å². The number of hydrogen-bond acceptors (Lipinski definition) is 3. The highest BCUT2D eigenvalue weighted by Crippen LogP contribution is 2.25. The van der Waals surface area contributed by atoms with Crippen molar-refractivity contribution in [2.45, 2.75) is 33.8 Å². The van der Waals surface area contributed by atoms with Crippen LogP contribution in [0.2, 0.25) is 0 Å². The first-order chi connectivity index (χ1) is 11.0. The molecule has 2 aromatic carbocycles. The fourth-order valence-corrected chi connectivity index (χ4v) is 2.53. The summed E-state index contributed by atoms with van der Waals surface area (Å²) < 4.78 is 11.1. The quantitative estimate of drug-likeness (QED) is 0.799. The van der Waals surface area contributed by atoms with Crippen molar-refractivity contribution < 1.29 is 9.47 Å². The van der Waals surface area contributed by atoms with Gasteiger partial charge in [0, 0.05) is 11.3 Å². The van der Waals surface area contributed by atoms with Crippen molar-refractivity contribution >= 4 is 23.1 Å². The maximum absolute atomic E-state index is 6.03. The van der Waals surface area contributed by atoms with Gasteiger partial charge < -0.3 is 14.8 Å². The fourth-order valence-electron chi connectivity index (χ4n) is 2.42. The van der Waals surface area contributed by atoms with E-state index in [2.05, 4.69) is 44.3 Å². The third-order valence-electron chi connectivity index (χ3n) is 3.85. The van der Waals surface area contributed by atoms with Crippen LogP contribution in [0.4, 0.5) is 5.69 Å². The molecule has 0 saturated heterocycles. The third kappa shape index (κ3) is 4.45. The largest absolute Gasteiger partial charge is 0.489 e. The second kappa shape index (κ2) is 7.97. The molecule has 0 amide bonds. The van der Waals surface area contributed by atoms with E-state index in [9.17, 15) is 0 Å². The van der Waals surface area contributed by atoms with E-state index < -0.39 is 0 Å². The minimum atomic E-state index is 0.348. The lowest BCUT2D eigenvalue weighted by molar-refractivity contribution is 0.304. The number of nitrogens with one attached hydrogen (secondary N) is 1. The third-order valence-corrected chi connectivity index (χ3v) is 4.12. The minimum Gasteiger partial charge on any atom is -0.489 e. The van der Waals surface area contributed by atoms with Crippen molar-refractivity contribution in [2.75, 3.05) is 12.4 Å². The maximum Gasteiger partial charge on any atom is 0.260 e. The number of rotatable bonds is 5. The summed E-state index contributed by atoms with van der Waals surface area (Å²) in [4.78, 5) is 0. The van der Waals surface area contributed by atoms with Crippen LogP contribution in [0.5, 0.6) is 5.75 Å². The Morgan fingerprint density at radius 3 is 2.57 bits per heavy atom. The van der Waals surface area contributed by atoms with Gasteiger partial charge in [0.2, 0.25) is 0 Å². The van der Waals surface area contributed by atoms with Crippen molar-refractivity contribution in [2.24, 2.45) is 0 Å². The zero-order valence-electron chi connectivity index (χ0n) is 14.1. The van der Waals surface area contributed by atoms with E-state index in [1.54, 1.807) is 7.11 Å². The Bertz CT molecular complexity index is 698. The Kier molecular flexibility index (Phi) is 5.99. The molecular formula is C19H23NO2S. The summed E-state index contributed by atoms with van der Waals surface area (Å²) in [5, 5.41) is 3.45. The van der Waals surface area contributed by atoms with E-state index in [4.69, 9.17) is 21.7 Å². The Hall–Kier alpha value is -2.07. The number of methoxy groups -OCH3 is 1. The molecule has 0 heterocycles. The molecule has 122 valence electrons. The van der Waals surface area contributed by atoms with E-state index in [1.807, 2.05) is 18.2 Å². The molecule has 0 spiro atoms. The molecule has 0 radical (unpaired) electrons. The zero-order valence-corrected chi connectivity index (χ0v) is 14.9. The molecule has 0 atom stereocenters. The van der Waals surface area contributed by atoms with Gasteiger partial charge in [-0.3, -0.25) is 0 Å². The van der Waals surface area contributed by atoms with Crippen molar-refractivity contribution in [1.29, 1.82) is 0 Å². The van der Waals surface area contributed by atoms with Gasteiger partial charge in [-0.15, -0.1) is 0 Å². The van der Waals surface area contributed by atoms with Crippen LogP contribution >= 0.6 is 12.2 Å². The van der Waals surface area contributed by atoms with E-state index in [0.29, 0.717) is 11.8 Å². The summed E-state index contributed by atoms with van der Waals surface area (Å²) in [6.07, 6.45) is 1.03. The lowest BCUT2D eigenvalue weighted by Gasteiger charge is -2.16. The molecule has 0 aliphatic heterocycles. The van der Waals surface area contributed by atoms with E-state index >= 15 is 0 Å². The van der Waals surface area contributed by atoms with Crippen molar-refractivity contribution in [3.8, 4) is 5.75 Å². The standard InChI is InChI=1S/C19H23NO2S/c1-5-15-9-10-18(14(3)11-15)22-12-16-13(2)7-6-8-17(16)20-19(23)21-4/h6-11H,5,12H2,1-4H3,(H,20,23). The van der Waals surface area contributed by atoms with Crippen LogP contribution in [-0.2, 0) is 17.8 Å². The number of anilines is 1. The monoisotopic (exact) mass is 329 g/mol. The minimum absolute atomic E-state index is 0.348. The van der Waals surface area contributed by atoms with Gasteiger partial charge in [-0.2, -0.15) is 0 Å². The lowest BCUT2D eigenvalue weighted by Crippen LogP contribution is -2.13. The van der Waals surface area contributed by atoms with Crippen molar-refractivity contribution in [3.63, 3.8) is 0 Å². The zero-order chi connectivity index (χ0) is 16.8. The molecular weight excluding hydrogens is 306 g/mol. The van der Waals surface area contributed by atoms with E-state index in [-0.39, 0.29) is 0 Å². The highest BCUT2D eigenvalue weighted by Gasteiger charge is 2.09. The molecule has 0 aromatic heterocycles. The van der Waals surface area contributed by atoms with Crippen molar-refractivity contribution in [1.82, 2.24) is 0 Å². The second-order valence-corrected chi connectivity index (χ2v) is 5.83. The highest BCUT2D eigenvalue weighted by molar-refractivity contribution is 7.80. The van der Waals surface area contributed by atoms with Crippen LogP contribution in [-0.4, -0.2) is 12.3 Å². The first-order valence-electron chi connectivity index (χ1n) is 7.71. The van der Waals surface area contributed by atoms with Crippen LogP contribution in [0, 0.1) is 13.8 Å². The van der Waals surface area contributed by atoms with Gasteiger partial charge in [-0.05, 0) is 61.3 Å². The van der Waals surface area contributed by atoms with Gasteiger partial charge in [0.05, 0.1) is 7.11 Å². The van der Waals surface area contributed by atoms with Crippen LogP contribution in [0.25, 0.3) is 0 Å². The molecule has 0 fully saturated rings. The summed E-state index contributed by atoms with van der Waals surface area (Å²) in [7, 11) is 1.56. The van der Waals surface area contributed by atoms with Crippen LogP contribution in [0.3, 0.4) is 0 Å². The molecule has 0 aliphatic rings. The topological polar surface area (TPSA) is 30.5 Å². The summed E-state index contributed by atoms with van der Waals surface area (Å²) in [6, 6.07) is 12.3. The molecule has 0 bridgehead atoms. The molecule has 23 heavy (non-hydrogen) atoms. The smallest absolute Gasteiger partial charge is 0.260 e. The van der Waals surface area contributed by atoms with Gasteiger partial charge in [0.15, 0.2) is 0 Å². The first-order valence-corrected chi connectivity index (χ1v) is 8.11. The first kappa shape index (κ1) is 17.3. The van der Waals surface area contributed by atoms with Gasteiger partial charge >= 0.3 is 0 Å². The molecule has 0 saturated carbocycles. The average Bonchev–Trinajstić information content (AvgIpc) is 2.55. The normalized spacial score (nSPS) is 10.3. The Morgan fingerprint density at radius 1 is 1.13 bits per heavy atom. The maximum atomic E-state index is 6.03. The highest BCUT2D eigenvalue weighted by atomic mass is 32.1. The molecule has 2 rings (SSSR count). The molecule has 0 aliphatic carbocycles. The van der Waals surface area contributed by atoms with Gasteiger partial charge in [-0.1, -0.05) is 31.2 Å². The number of thiocarbonyl (C=S) groups is 1. The van der Waals surface area contributed by atoms with E-state index in [0.717, 1.165) is 34.5 Å². The number of ether oxygens (including phenoxy) is 2. The van der Waals surface area contributed by atoms with Gasteiger partial charge in [-0.25, -0.2) is 0 Å². The summed E-state index contributed by atoms with van der Waals surface area (Å²) in [6.45, 7) is 6.77. The molecule has 4 heteroatoms. The summed E-state index contributed by atoms with van der Waals surface area (Å²) in [5.41, 5.74) is 5.61. The van der Waals surface area contributed by atoms with Crippen LogP contribution in [0.1, 0.15) is 29.2 Å².